The molecule has 0 spiro atoms. The molecular weight excluding hydrogens is 751 g/mol. The molecule has 298 valence electrons. The summed E-state index contributed by atoms with van der Waals surface area (Å²) in [7, 11) is 3.82. The molecular formula is C36H45ClF3N15O. The van der Waals surface area contributed by atoms with Crippen molar-refractivity contribution in [3.8, 4) is 5.75 Å². The molecule has 2 aliphatic heterocycles. The van der Waals surface area contributed by atoms with Gasteiger partial charge >= 0.3 is 6.18 Å². The number of nitrogens with zero attached hydrogens (tertiary/aromatic N) is 15. The van der Waals surface area contributed by atoms with Gasteiger partial charge in [0, 0.05) is 78.2 Å². The van der Waals surface area contributed by atoms with Crippen molar-refractivity contribution in [2.75, 3.05) is 42.6 Å². The van der Waals surface area contributed by atoms with Gasteiger partial charge in [-0.15, -0.1) is 10.2 Å². The van der Waals surface area contributed by atoms with Gasteiger partial charge in [0.15, 0.2) is 35.3 Å². The van der Waals surface area contributed by atoms with Gasteiger partial charge in [-0.05, 0) is 58.3 Å². The third-order valence-electron chi connectivity index (χ3n) is 10.9. The number of anilines is 2. The zero-order valence-electron chi connectivity index (χ0n) is 32.1. The van der Waals surface area contributed by atoms with Gasteiger partial charge in [0.25, 0.3) is 0 Å². The second kappa shape index (κ2) is 15.1. The van der Waals surface area contributed by atoms with E-state index in [2.05, 4.69) is 50.1 Å². The minimum Gasteiger partial charge on any atom is -0.480 e. The molecule has 6 aromatic heterocycles. The first-order valence-corrected chi connectivity index (χ1v) is 19.4. The third kappa shape index (κ3) is 7.82. The largest absolute Gasteiger partial charge is 0.480 e. The summed E-state index contributed by atoms with van der Waals surface area (Å²) in [4.78, 5) is 27.3. The molecule has 0 aromatic carbocycles. The summed E-state index contributed by atoms with van der Waals surface area (Å²) >= 11 is 6.13. The first-order chi connectivity index (χ1) is 26.8. The molecule has 0 radical (unpaired) electrons. The summed E-state index contributed by atoms with van der Waals surface area (Å²) in [5.41, 5.74) is 3.51. The molecule has 6 aromatic rings. The highest BCUT2D eigenvalue weighted by atomic mass is 35.5. The lowest BCUT2D eigenvalue weighted by Crippen LogP contribution is -2.22. The van der Waals surface area contributed by atoms with Gasteiger partial charge in [-0.1, -0.05) is 11.6 Å². The molecule has 56 heavy (non-hydrogen) atoms. The molecule has 2 atom stereocenters. The second-order valence-corrected chi connectivity index (χ2v) is 15.4. The Bertz CT molecular complexity index is 2310. The fourth-order valence-corrected chi connectivity index (χ4v) is 7.72. The lowest BCUT2D eigenvalue weighted by Gasteiger charge is -2.27. The van der Waals surface area contributed by atoms with Crippen molar-refractivity contribution in [2.45, 2.75) is 78.3 Å². The number of fused-ring (bicyclic) bond motifs is 3. The Labute approximate surface area is 326 Å². The second-order valence-electron chi connectivity index (χ2n) is 15.0. The fourth-order valence-electron chi connectivity index (χ4n) is 7.54. The van der Waals surface area contributed by atoms with Crippen molar-refractivity contribution in [3.05, 3.63) is 57.7 Å². The minimum atomic E-state index is -4.46. The van der Waals surface area contributed by atoms with Crippen LogP contribution in [0.15, 0.2) is 12.3 Å². The maximum absolute atomic E-state index is 12.6. The van der Waals surface area contributed by atoms with Crippen molar-refractivity contribution in [3.63, 3.8) is 0 Å². The molecule has 2 unspecified atom stereocenters. The predicted octanol–water partition coefficient (Wildman–Crippen LogP) is 4.65. The van der Waals surface area contributed by atoms with Crippen molar-refractivity contribution < 1.29 is 17.9 Å². The van der Waals surface area contributed by atoms with Crippen LogP contribution in [-0.4, -0.2) is 103 Å². The van der Waals surface area contributed by atoms with E-state index in [1.54, 1.807) is 11.6 Å². The highest BCUT2D eigenvalue weighted by Crippen LogP contribution is 2.41. The number of ether oxygens (including phenoxy) is 1. The van der Waals surface area contributed by atoms with Gasteiger partial charge in [-0.2, -0.15) is 33.3 Å². The summed E-state index contributed by atoms with van der Waals surface area (Å²) in [5, 5.41) is 18.4. The highest BCUT2D eigenvalue weighted by molar-refractivity contribution is 6.31. The number of pyridine rings is 1. The quantitative estimate of drug-likeness (QED) is 0.190. The Kier molecular flexibility index (Phi) is 10.2. The van der Waals surface area contributed by atoms with E-state index >= 15 is 0 Å². The van der Waals surface area contributed by atoms with Crippen LogP contribution in [0.5, 0.6) is 5.75 Å². The summed E-state index contributed by atoms with van der Waals surface area (Å²) in [6, 6.07) is 1.33. The van der Waals surface area contributed by atoms with E-state index in [0.29, 0.717) is 24.4 Å². The van der Waals surface area contributed by atoms with E-state index in [4.69, 9.17) is 21.3 Å². The number of aryl methyl sites for hydroxylation is 9. The summed E-state index contributed by atoms with van der Waals surface area (Å²) in [6.45, 7) is 8.40. The monoisotopic (exact) mass is 795 g/mol. The van der Waals surface area contributed by atoms with Crippen LogP contribution < -0.4 is 14.5 Å². The maximum atomic E-state index is 12.6. The smallest absolute Gasteiger partial charge is 0.422 e. The zero-order chi connectivity index (χ0) is 39.3. The number of rotatable bonds is 10. The molecule has 3 aliphatic rings. The van der Waals surface area contributed by atoms with Crippen molar-refractivity contribution >= 4 is 34.8 Å². The maximum Gasteiger partial charge on any atom is 0.422 e. The van der Waals surface area contributed by atoms with Crippen LogP contribution in [0, 0.1) is 32.6 Å². The van der Waals surface area contributed by atoms with Gasteiger partial charge in [-0.25, -0.2) is 19.0 Å². The van der Waals surface area contributed by atoms with Gasteiger partial charge < -0.3 is 14.5 Å². The zero-order valence-corrected chi connectivity index (χ0v) is 32.9. The average Bonchev–Trinajstić information content (AvgIpc) is 4.00. The average molecular weight is 796 g/mol. The topological polar surface area (TPSA) is 150 Å². The lowest BCUT2D eigenvalue weighted by atomic mass is 9.77. The van der Waals surface area contributed by atoms with Crippen LogP contribution in [-0.2, 0) is 39.8 Å². The van der Waals surface area contributed by atoms with Gasteiger partial charge in [0.05, 0.1) is 22.1 Å². The van der Waals surface area contributed by atoms with Crippen LogP contribution in [0.2, 0.25) is 5.02 Å². The molecule has 0 amide bonds. The van der Waals surface area contributed by atoms with E-state index in [0.717, 1.165) is 110 Å². The minimum absolute atomic E-state index is 0.0587. The summed E-state index contributed by atoms with van der Waals surface area (Å²) < 4.78 is 49.5. The number of halogens is 4. The Morgan fingerprint density at radius 1 is 0.750 bits per heavy atom. The van der Waals surface area contributed by atoms with E-state index in [1.807, 2.05) is 43.3 Å². The fraction of sp³-hybridized carbons (Fsp3) is 0.583. The van der Waals surface area contributed by atoms with E-state index < -0.39 is 12.8 Å². The van der Waals surface area contributed by atoms with Crippen LogP contribution in [0.3, 0.4) is 0 Å². The standard InChI is InChI=1S/C18H21ClF3N7O.C18H24N8/c1-11-12(19)9-13(30-10-18(20,21)22)16-23-14(25-29(11)16)5-6-15-24-17(26-27(15)2)28-7-3-4-8-28;1-11-8-19-12(2)17-20-15(22-26(11)17)6-7-16-21-18(23-24(16)3)25-9-13-4-5-14(13)10-25/h9H,3-8,10H2,1-2H3;8,13-14H,4-7,9-10H2,1-3H3. The number of aromatic nitrogens is 13. The molecule has 1 aliphatic carbocycles. The molecule has 3 fully saturated rings. The van der Waals surface area contributed by atoms with Gasteiger partial charge in [-0.3, -0.25) is 14.3 Å². The number of alkyl halides is 3. The van der Waals surface area contributed by atoms with E-state index in [-0.39, 0.29) is 16.4 Å². The SMILES string of the molecule is Cc1c(Cl)cc(OCC(F)(F)F)c2nc(CCc3nc(N4CCCC4)nn3C)nn12.Cc1ncc(C)n2nc(CCc3nc(N4CC5CCC5C4)nn3C)nc12. The summed E-state index contributed by atoms with van der Waals surface area (Å²) in [6.07, 6.45) is 4.91. The van der Waals surface area contributed by atoms with E-state index in [9.17, 15) is 13.2 Å². The number of hydrogen-bond acceptors (Lipinski definition) is 12. The molecule has 0 bridgehead atoms. The Hall–Kier alpha value is -5.07. The van der Waals surface area contributed by atoms with Crippen molar-refractivity contribution in [2.24, 2.45) is 25.9 Å². The molecule has 2 saturated heterocycles. The molecule has 20 heteroatoms. The first-order valence-electron chi connectivity index (χ1n) is 19.0. The molecule has 0 N–H and O–H groups in total. The third-order valence-corrected chi connectivity index (χ3v) is 11.3. The Balaban J connectivity index is 0.000000159. The number of hydrogen-bond donors (Lipinski definition) is 0. The molecule has 9 rings (SSSR count). The predicted molar refractivity (Wildman–Crippen MR) is 201 cm³/mol. The first kappa shape index (κ1) is 37.8. The lowest BCUT2D eigenvalue weighted by molar-refractivity contribution is -0.153. The van der Waals surface area contributed by atoms with Gasteiger partial charge in [0.1, 0.15) is 11.6 Å². The van der Waals surface area contributed by atoms with Crippen LogP contribution in [0.25, 0.3) is 11.3 Å². The Morgan fingerprint density at radius 2 is 1.32 bits per heavy atom. The highest BCUT2D eigenvalue weighted by Gasteiger charge is 2.40. The van der Waals surface area contributed by atoms with Crippen LogP contribution >= 0.6 is 11.6 Å². The van der Waals surface area contributed by atoms with Crippen molar-refractivity contribution in [1.29, 1.82) is 0 Å². The molecule has 16 nitrogen and oxygen atoms in total. The van der Waals surface area contributed by atoms with Crippen molar-refractivity contribution in [1.82, 2.24) is 63.7 Å². The normalized spacial score (nSPS) is 18.2. The van der Waals surface area contributed by atoms with Crippen LogP contribution in [0.1, 0.15) is 66.1 Å². The molecule has 1 saturated carbocycles. The van der Waals surface area contributed by atoms with Gasteiger partial charge in [0.2, 0.25) is 11.9 Å². The summed E-state index contributed by atoms with van der Waals surface area (Å²) in [5.74, 6) is 6.35. The van der Waals surface area contributed by atoms with Crippen LogP contribution in [0.4, 0.5) is 25.1 Å². The van der Waals surface area contributed by atoms with E-state index in [1.165, 1.54) is 23.4 Å². The Morgan fingerprint density at radius 3 is 1.89 bits per heavy atom. The molecule has 8 heterocycles.